The van der Waals surface area contributed by atoms with Gasteiger partial charge < -0.3 is 19.3 Å². The van der Waals surface area contributed by atoms with Gasteiger partial charge >= 0.3 is 6.09 Å². The van der Waals surface area contributed by atoms with Crippen molar-refractivity contribution in [3.63, 3.8) is 0 Å². The minimum Gasteiger partial charge on any atom is -0.475 e. The third-order valence-corrected chi connectivity index (χ3v) is 7.74. The van der Waals surface area contributed by atoms with Crippen LogP contribution in [-0.4, -0.2) is 79.8 Å². The van der Waals surface area contributed by atoms with Gasteiger partial charge in [0.15, 0.2) is 5.82 Å². The molecule has 2 fully saturated rings. The van der Waals surface area contributed by atoms with Gasteiger partial charge in [-0.3, -0.25) is 4.90 Å². The lowest BCUT2D eigenvalue weighted by Gasteiger charge is -2.33. The summed E-state index contributed by atoms with van der Waals surface area (Å²) in [5, 5.41) is 9.60. The van der Waals surface area contributed by atoms with Crippen molar-refractivity contribution in [3.8, 4) is 5.88 Å². The van der Waals surface area contributed by atoms with E-state index in [0.717, 1.165) is 31.9 Å². The number of halogens is 1. The average molecular weight is 516 g/mol. The molecule has 3 aliphatic heterocycles. The van der Waals surface area contributed by atoms with E-state index in [2.05, 4.69) is 9.71 Å². The van der Waals surface area contributed by atoms with Crippen molar-refractivity contribution in [3.05, 3.63) is 23.1 Å². The topological polar surface area (TPSA) is 127 Å². The second-order valence-electron chi connectivity index (χ2n) is 9.66. The van der Waals surface area contributed by atoms with Crippen LogP contribution in [0.15, 0.2) is 6.07 Å². The molecule has 4 heterocycles. The molecule has 1 aromatic heterocycles. The lowest BCUT2D eigenvalue weighted by Crippen LogP contribution is -2.50. The van der Waals surface area contributed by atoms with Crippen LogP contribution in [0.5, 0.6) is 5.88 Å². The Bertz CT molecular complexity index is 1020. The number of amides is 1. The number of nitrogens with zero attached hydrogens (tertiary/aromatic N) is 2. The summed E-state index contributed by atoms with van der Waals surface area (Å²) in [6.07, 6.45) is 4.29. The number of aliphatic hydroxyl groups excluding tert-OH is 1. The molecule has 4 aliphatic rings. The highest BCUT2D eigenvalue weighted by Gasteiger charge is 2.44. The standard InChI is InChI=1S/C23H34FN3O7S/c1-14-10-19(26-35(2,30)31)20-13-34-17-6-4-15(5-7-17)18-11-16(12-28)21(24)22(25-18)32-8-3-9-33-23(29)27(14)20/h11,14-15,17,19-20,26,28H,3-10,12-13H2,1-2H3/t14-,15?,17?,19+,20?/m1/s1. The van der Waals surface area contributed by atoms with Gasteiger partial charge in [-0.1, -0.05) is 0 Å². The third kappa shape index (κ3) is 6.22. The van der Waals surface area contributed by atoms with Gasteiger partial charge in [-0.15, -0.1) is 0 Å². The van der Waals surface area contributed by atoms with E-state index in [1.54, 1.807) is 11.0 Å². The summed E-state index contributed by atoms with van der Waals surface area (Å²) in [6, 6.07) is 0.402. The van der Waals surface area contributed by atoms with Crippen molar-refractivity contribution in [2.24, 2.45) is 0 Å². The Kier molecular flexibility index (Phi) is 8.14. The van der Waals surface area contributed by atoms with E-state index in [1.165, 1.54) is 0 Å². The lowest BCUT2D eigenvalue weighted by atomic mass is 9.84. The van der Waals surface area contributed by atoms with E-state index in [-0.39, 0.29) is 49.3 Å². The Labute approximate surface area is 205 Å². The summed E-state index contributed by atoms with van der Waals surface area (Å²) in [5.41, 5.74) is 0.833. The van der Waals surface area contributed by atoms with Crippen LogP contribution in [0, 0.1) is 5.82 Å². The van der Waals surface area contributed by atoms with E-state index in [1.807, 2.05) is 6.92 Å². The molecule has 0 aromatic carbocycles. The number of aromatic nitrogens is 1. The molecule has 5 rings (SSSR count). The fraction of sp³-hybridized carbons (Fsp3) is 0.739. The predicted octanol–water partition coefficient (Wildman–Crippen LogP) is 2.06. The van der Waals surface area contributed by atoms with Gasteiger partial charge in [0.05, 0.1) is 44.8 Å². The van der Waals surface area contributed by atoms with Gasteiger partial charge in [-0.2, -0.15) is 0 Å². The molecule has 2 N–H and O–H groups in total. The summed E-state index contributed by atoms with van der Waals surface area (Å²) in [6.45, 7) is 1.72. The van der Waals surface area contributed by atoms with Crippen molar-refractivity contribution >= 4 is 16.1 Å². The molecule has 1 aromatic rings. The number of fused-ring (bicyclic) bond motifs is 8. The number of carbonyl (C=O) groups is 1. The molecule has 12 heteroatoms. The number of rotatable bonds is 3. The number of ether oxygens (including phenoxy) is 3. The Morgan fingerprint density at radius 3 is 2.63 bits per heavy atom. The van der Waals surface area contributed by atoms with E-state index in [4.69, 9.17) is 14.2 Å². The fourth-order valence-corrected chi connectivity index (χ4v) is 6.09. The second-order valence-corrected chi connectivity index (χ2v) is 11.4. The predicted molar refractivity (Wildman–Crippen MR) is 124 cm³/mol. The fourth-order valence-electron chi connectivity index (χ4n) is 5.29. The van der Waals surface area contributed by atoms with Crippen LogP contribution in [0.4, 0.5) is 9.18 Å². The molecule has 4 bridgehead atoms. The summed E-state index contributed by atoms with van der Waals surface area (Å²) in [7, 11) is -3.48. The first-order valence-corrected chi connectivity index (χ1v) is 14.0. The maximum atomic E-state index is 14.7. The number of hydrogen-bond acceptors (Lipinski definition) is 8. The van der Waals surface area contributed by atoms with Crippen molar-refractivity contribution in [1.29, 1.82) is 0 Å². The van der Waals surface area contributed by atoms with Crippen LogP contribution < -0.4 is 9.46 Å². The molecule has 1 amide bonds. The highest BCUT2D eigenvalue weighted by Crippen LogP contribution is 2.36. The van der Waals surface area contributed by atoms with Crippen LogP contribution >= 0.6 is 0 Å². The van der Waals surface area contributed by atoms with Crippen LogP contribution in [-0.2, 0) is 26.1 Å². The normalized spacial score (nSPS) is 30.3. The first kappa shape index (κ1) is 26.1. The molecule has 0 radical (unpaired) electrons. The zero-order valence-corrected chi connectivity index (χ0v) is 20.9. The molecule has 1 saturated carbocycles. The first-order chi connectivity index (χ1) is 16.7. The maximum absolute atomic E-state index is 14.7. The zero-order valence-electron chi connectivity index (χ0n) is 20.1. The molecule has 3 atom stereocenters. The number of aliphatic hydroxyl groups is 1. The number of carbonyl (C=O) groups excluding carboxylic acids is 1. The second kappa shape index (κ2) is 10.9. The minimum atomic E-state index is -3.48. The van der Waals surface area contributed by atoms with Crippen molar-refractivity contribution < 1.29 is 36.9 Å². The van der Waals surface area contributed by atoms with E-state index < -0.39 is 40.6 Å². The van der Waals surface area contributed by atoms with E-state index >= 15 is 0 Å². The van der Waals surface area contributed by atoms with Crippen molar-refractivity contribution in [2.45, 2.75) is 82.2 Å². The maximum Gasteiger partial charge on any atom is 0.410 e. The SMILES string of the molecule is C[C@@H]1C[C@H](NS(C)(=O)=O)C2COC3CCC(CC3)c3cc(CO)c(F)c(n3)OCCCOC(=O)N21. The molecule has 1 aliphatic carbocycles. The van der Waals surface area contributed by atoms with Gasteiger partial charge in [-0.25, -0.2) is 27.3 Å². The molecule has 0 spiro atoms. The Balaban J connectivity index is 1.55. The zero-order chi connectivity index (χ0) is 25.2. The van der Waals surface area contributed by atoms with Crippen LogP contribution in [0.25, 0.3) is 0 Å². The molecule has 10 nitrogen and oxygen atoms in total. The quantitative estimate of drug-likeness (QED) is 0.626. The molecule has 1 saturated heterocycles. The van der Waals surface area contributed by atoms with Crippen LogP contribution in [0.2, 0.25) is 0 Å². The summed E-state index contributed by atoms with van der Waals surface area (Å²) in [5.74, 6) is -0.740. The number of pyridine rings is 1. The highest BCUT2D eigenvalue weighted by molar-refractivity contribution is 7.88. The Morgan fingerprint density at radius 1 is 1.23 bits per heavy atom. The van der Waals surface area contributed by atoms with E-state index in [9.17, 15) is 22.7 Å². The number of hydrogen-bond donors (Lipinski definition) is 2. The average Bonchev–Trinajstić information content (AvgIpc) is 3.11. The number of sulfonamides is 1. The highest BCUT2D eigenvalue weighted by atomic mass is 32.2. The molecule has 35 heavy (non-hydrogen) atoms. The Hall–Kier alpha value is -2.02. The van der Waals surface area contributed by atoms with Gasteiger partial charge in [0.1, 0.15) is 0 Å². The molecular formula is C23H34FN3O7S. The monoisotopic (exact) mass is 515 g/mol. The van der Waals surface area contributed by atoms with Gasteiger partial charge in [0.2, 0.25) is 10.0 Å². The number of nitrogens with one attached hydrogen (secondary N) is 1. The lowest BCUT2D eigenvalue weighted by molar-refractivity contribution is -0.0107. The molecular weight excluding hydrogens is 481 g/mol. The van der Waals surface area contributed by atoms with Gasteiger partial charge in [-0.05, 0) is 45.1 Å². The molecule has 196 valence electrons. The smallest absolute Gasteiger partial charge is 0.410 e. The van der Waals surface area contributed by atoms with Crippen molar-refractivity contribution in [1.82, 2.24) is 14.6 Å². The van der Waals surface area contributed by atoms with Crippen LogP contribution in [0.3, 0.4) is 0 Å². The summed E-state index contributed by atoms with van der Waals surface area (Å²) >= 11 is 0. The minimum absolute atomic E-state index is 0.0409. The summed E-state index contributed by atoms with van der Waals surface area (Å²) < 4.78 is 58.4. The summed E-state index contributed by atoms with van der Waals surface area (Å²) in [4.78, 5) is 18.9. The molecule has 1 unspecified atom stereocenters. The first-order valence-electron chi connectivity index (χ1n) is 12.1. The largest absolute Gasteiger partial charge is 0.475 e. The van der Waals surface area contributed by atoms with Crippen LogP contribution in [0.1, 0.15) is 62.6 Å². The Morgan fingerprint density at radius 2 is 1.94 bits per heavy atom. The van der Waals surface area contributed by atoms with Gasteiger partial charge in [0.25, 0.3) is 5.88 Å². The van der Waals surface area contributed by atoms with Crippen molar-refractivity contribution in [2.75, 3.05) is 26.1 Å². The van der Waals surface area contributed by atoms with E-state index in [0.29, 0.717) is 18.5 Å². The van der Waals surface area contributed by atoms with Gasteiger partial charge in [0, 0.05) is 35.7 Å². The third-order valence-electron chi connectivity index (χ3n) is 7.01.